The van der Waals surface area contributed by atoms with Gasteiger partial charge in [0.15, 0.2) is 0 Å². The van der Waals surface area contributed by atoms with Crippen molar-refractivity contribution in [3.8, 4) is 0 Å². The van der Waals surface area contributed by atoms with Gasteiger partial charge in [-0.25, -0.2) is 0 Å². The Morgan fingerprint density at radius 2 is 1.76 bits per heavy atom. The lowest BCUT2D eigenvalue weighted by Crippen LogP contribution is -2.33. The van der Waals surface area contributed by atoms with Crippen molar-refractivity contribution in [1.82, 2.24) is 4.90 Å². The fourth-order valence-electron chi connectivity index (χ4n) is 2.47. The first kappa shape index (κ1) is 12.6. The van der Waals surface area contributed by atoms with E-state index < -0.39 is 0 Å². The molecule has 17 heavy (non-hydrogen) atoms. The van der Waals surface area contributed by atoms with Crippen molar-refractivity contribution < 1.29 is 5.11 Å². The minimum Gasteiger partial charge on any atom is -0.387 e. The molecule has 0 aromatic heterocycles. The first-order chi connectivity index (χ1) is 8.29. The lowest BCUT2D eigenvalue weighted by molar-refractivity contribution is 0.101. The Morgan fingerprint density at radius 3 is 2.35 bits per heavy atom. The van der Waals surface area contributed by atoms with Crippen molar-refractivity contribution in [3.63, 3.8) is 0 Å². The molecule has 0 saturated carbocycles. The quantitative estimate of drug-likeness (QED) is 0.864. The summed E-state index contributed by atoms with van der Waals surface area (Å²) in [6, 6.07) is 8.37. The van der Waals surface area contributed by atoms with Crippen LogP contribution in [0.3, 0.4) is 0 Å². The Bertz CT molecular complexity index is 327. The molecule has 1 fully saturated rings. The number of rotatable bonds is 4. The Balaban J connectivity index is 1.91. The highest BCUT2D eigenvalue weighted by atomic mass is 16.3. The maximum Gasteiger partial charge on any atom is 0.0916 e. The fourth-order valence-corrected chi connectivity index (χ4v) is 2.47. The summed E-state index contributed by atoms with van der Waals surface area (Å²) < 4.78 is 0. The van der Waals surface area contributed by atoms with E-state index >= 15 is 0 Å². The number of aliphatic hydroxyl groups excluding tert-OH is 1. The highest BCUT2D eigenvalue weighted by Crippen LogP contribution is 2.18. The third-order valence-electron chi connectivity index (χ3n) is 3.65. The van der Waals surface area contributed by atoms with Crippen LogP contribution in [0.15, 0.2) is 24.3 Å². The van der Waals surface area contributed by atoms with E-state index in [1.807, 2.05) is 0 Å². The first-order valence-electron chi connectivity index (χ1n) is 6.79. The van der Waals surface area contributed by atoms with Crippen LogP contribution in [0.5, 0.6) is 0 Å². The second-order valence-electron chi connectivity index (χ2n) is 4.97. The van der Waals surface area contributed by atoms with Gasteiger partial charge in [-0.3, -0.25) is 0 Å². The van der Waals surface area contributed by atoms with Crippen LogP contribution in [0.1, 0.15) is 43.4 Å². The Kier molecular flexibility index (Phi) is 4.57. The zero-order valence-corrected chi connectivity index (χ0v) is 10.7. The summed E-state index contributed by atoms with van der Waals surface area (Å²) in [5, 5.41) is 10.2. The van der Waals surface area contributed by atoms with Crippen LogP contribution in [0.2, 0.25) is 0 Å². The number of likely N-dealkylation sites (tertiary alicyclic amines) is 1. The summed E-state index contributed by atoms with van der Waals surface area (Å²) in [5.41, 5.74) is 2.38. The maximum atomic E-state index is 10.2. The van der Waals surface area contributed by atoms with Gasteiger partial charge in [-0.2, -0.15) is 0 Å². The largest absolute Gasteiger partial charge is 0.387 e. The van der Waals surface area contributed by atoms with E-state index in [1.165, 1.54) is 24.8 Å². The van der Waals surface area contributed by atoms with Gasteiger partial charge in [0.1, 0.15) is 0 Å². The number of aliphatic hydroxyl groups is 1. The number of β-amino-alcohol motifs (C(OH)–C–C–N with tert-alkyl or cyclic N) is 1. The second kappa shape index (κ2) is 6.18. The molecule has 1 aromatic rings. The van der Waals surface area contributed by atoms with Crippen LogP contribution < -0.4 is 0 Å². The Morgan fingerprint density at radius 1 is 1.12 bits per heavy atom. The van der Waals surface area contributed by atoms with E-state index in [0.29, 0.717) is 0 Å². The smallest absolute Gasteiger partial charge is 0.0916 e. The number of nitrogens with zero attached hydrogens (tertiary/aromatic N) is 1. The average molecular weight is 233 g/mol. The van der Waals surface area contributed by atoms with E-state index in [2.05, 4.69) is 36.1 Å². The molecule has 94 valence electrons. The molecular formula is C15H23NO. The van der Waals surface area contributed by atoms with Gasteiger partial charge < -0.3 is 10.0 Å². The molecule has 1 aliphatic heterocycles. The monoisotopic (exact) mass is 233 g/mol. The van der Waals surface area contributed by atoms with Crippen LogP contribution in [-0.2, 0) is 6.42 Å². The summed E-state index contributed by atoms with van der Waals surface area (Å²) in [4.78, 5) is 2.38. The molecule has 1 aliphatic rings. The van der Waals surface area contributed by atoms with Gasteiger partial charge in [-0.15, -0.1) is 0 Å². The van der Waals surface area contributed by atoms with E-state index in [1.54, 1.807) is 0 Å². The molecule has 2 nitrogen and oxygen atoms in total. The lowest BCUT2D eigenvalue weighted by atomic mass is 10.0. The number of benzene rings is 1. The van der Waals surface area contributed by atoms with Crippen LogP contribution in [0.4, 0.5) is 0 Å². The molecule has 1 atom stereocenters. The average Bonchev–Trinajstić information content (AvgIpc) is 2.40. The Hall–Kier alpha value is -0.860. The minimum atomic E-state index is -0.334. The van der Waals surface area contributed by atoms with E-state index in [4.69, 9.17) is 0 Å². The summed E-state index contributed by atoms with van der Waals surface area (Å²) in [6.07, 6.45) is 4.63. The molecule has 2 rings (SSSR count). The van der Waals surface area contributed by atoms with Crippen molar-refractivity contribution in [2.75, 3.05) is 19.6 Å². The Labute approximate surface area is 104 Å². The molecule has 1 heterocycles. The lowest BCUT2D eigenvalue weighted by Gasteiger charge is -2.28. The van der Waals surface area contributed by atoms with Crippen LogP contribution in [-0.4, -0.2) is 29.6 Å². The van der Waals surface area contributed by atoms with Crippen molar-refractivity contribution in [1.29, 1.82) is 0 Å². The van der Waals surface area contributed by atoms with Gasteiger partial charge in [0.05, 0.1) is 6.10 Å². The minimum absolute atomic E-state index is 0.334. The summed E-state index contributed by atoms with van der Waals surface area (Å²) in [7, 11) is 0. The van der Waals surface area contributed by atoms with Crippen LogP contribution in [0.25, 0.3) is 0 Å². The standard InChI is InChI=1S/C15H23NO/c1-2-13-6-8-14(9-7-13)15(17)12-16-10-4-3-5-11-16/h6-9,15,17H,2-5,10-12H2,1H3. The van der Waals surface area contributed by atoms with Crippen molar-refractivity contribution in [2.24, 2.45) is 0 Å². The van der Waals surface area contributed by atoms with Crippen LogP contribution in [0, 0.1) is 0 Å². The molecule has 0 radical (unpaired) electrons. The normalized spacial score (nSPS) is 19.2. The third kappa shape index (κ3) is 3.55. The molecule has 1 aromatic carbocycles. The number of piperidine rings is 1. The van der Waals surface area contributed by atoms with Crippen molar-refractivity contribution in [2.45, 2.75) is 38.7 Å². The molecular weight excluding hydrogens is 210 g/mol. The SMILES string of the molecule is CCc1ccc(C(O)CN2CCCCC2)cc1. The van der Waals surface area contributed by atoms with Gasteiger partial charge >= 0.3 is 0 Å². The topological polar surface area (TPSA) is 23.5 Å². The van der Waals surface area contributed by atoms with Gasteiger partial charge in [0, 0.05) is 6.54 Å². The summed E-state index contributed by atoms with van der Waals surface area (Å²) in [5.74, 6) is 0. The van der Waals surface area contributed by atoms with E-state index in [9.17, 15) is 5.11 Å². The highest BCUT2D eigenvalue weighted by molar-refractivity contribution is 5.24. The van der Waals surface area contributed by atoms with E-state index in [0.717, 1.165) is 31.6 Å². The van der Waals surface area contributed by atoms with Gasteiger partial charge in [-0.05, 0) is 43.5 Å². The fraction of sp³-hybridized carbons (Fsp3) is 0.600. The summed E-state index contributed by atoms with van der Waals surface area (Å²) in [6.45, 7) is 5.22. The molecule has 0 amide bonds. The molecule has 1 unspecified atom stereocenters. The van der Waals surface area contributed by atoms with Crippen molar-refractivity contribution in [3.05, 3.63) is 35.4 Å². The molecule has 0 aliphatic carbocycles. The number of hydrogen-bond donors (Lipinski definition) is 1. The van der Waals surface area contributed by atoms with Crippen molar-refractivity contribution >= 4 is 0 Å². The van der Waals surface area contributed by atoms with E-state index in [-0.39, 0.29) is 6.10 Å². The predicted octanol–water partition coefficient (Wildman–Crippen LogP) is 2.77. The molecule has 1 N–H and O–H groups in total. The number of hydrogen-bond acceptors (Lipinski definition) is 2. The molecule has 0 bridgehead atoms. The molecule has 1 saturated heterocycles. The molecule has 2 heteroatoms. The summed E-state index contributed by atoms with van der Waals surface area (Å²) >= 11 is 0. The van der Waals surface area contributed by atoms with Gasteiger partial charge in [0.2, 0.25) is 0 Å². The van der Waals surface area contributed by atoms with Gasteiger partial charge in [-0.1, -0.05) is 37.6 Å². The maximum absolute atomic E-state index is 10.2. The predicted molar refractivity (Wildman–Crippen MR) is 71.1 cm³/mol. The zero-order valence-electron chi connectivity index (χ0n) is 10.7. The molecule has 0 spiro atoms. The third-order valence-corrected chi connectivity index (χ3v) is 3.65. The second-order valence-corrected chi connectivity index (χ2v) is 4.97. The van der Waals surface area contributed by atoms with Gasteiger partial charge in [0.25, 0.3) is 0 Å². The van der Waals surface area contributed by atoms with Crippen LogP contribution >= 0.6 is 0 Å². The highest BCUT2D eigenvalue weighted by Gasteiger charge is 2.15. The first-order valence-corrected chi connectivity index (χ1v) is 6.79. The number of aryl methyl sites for hydroxylation is 1. The zero-order chi connectivity index (χ0) is 12.1.